The van der Waals surface area contributed by atoms with E-state index in [1.54, 1.807) is 5.01 Å². The second kappa shape index (κ2) is 9.02. The summed E-state index contributed by atoms with van der Waals surface area (Å²) in [5, 5.41) is 5.86. The van der Waals surface area contributed by atoms with Gasteiger partial charge in [-0.1, -0.05) is 12.1 Å². The molecule has 4 aliphatic rings. The number of piperidine rings is 1. The Kier molecular flexibility index (Phi) is 5.93. The highest BCUT2D eigenvalue weighted by Gasteiger charge is 2.32. The Morgan fingerprint density at radius 3 is 2.97 bits per heavy atom. The van der Waals surface area contributed by atoms with Crippen molar-refractivity contribution in [1.29, 1.82) is 0 Å². The lowest BCUT2D eigenvalue weighted by atomic mass is 9.99. The molecule has 2 saturated heterocycles. The van der Waals surface area contributed by atoms with Crippen LogP contribution in [-0.4, -0.2) is 71.6 Å². The molecule has 0 aromatic heterocycles. The average molecular weight is 449 g/mol. The molecular formula is C25H32N6O2. The fourth-order valence-electron chi connectivity index (χ4n) is 5.18. The molecule has 1 aromatic rings. The number of hydrazone groups is 1. The number of likely N-dealkylation sites (tertiary alicyclic amines) is 2. The summed E-state index contributed by atoms with van der Waals surface area (Å²) in [5.41, 5.74) is 8.93. The van der Waals surface area contributed by atoms with Crippen LogP contribution in [0.3, 0.4) is 0 Å². The molecule has 174 valence electrons. The average Bonchev–Trinajstić information content (AvgIpc) is 3.48. The summed E-state index contributed by atoms with van der Waals surface area (Å²) in [6, 6.07) is 5.97. The molecule has 8 nitrogen and oxygen atoms in total. The van der Waals surface area contributed by atoms with Gasteiger partial charge < -0.3 is 20.3 Å². The van der Waals surface area contributed by atoms with Gasteiger partial charge in [0.05, 0.1) is 18.2 Å². The zero-order valence-corrected chi connectivity index (χ0v) is 19.2. The van der Waals surface area contributed by atoms with Crippen molar-refractivity contribution in [2.24, 2.45) is 15.8 Å². The van der Waals surface area contributed by atoms with Crippen LogP contribution in [0.15, 0.2) is 52.0 Å². The molecule has 0 bridgehead atoms. The van der Waals surface area contributed by atoms with E-state index in [0.717, 1.165) is 67.9 Å². The van der Waals surface area contributed by atoms with Crippen molar-refractivity contribution in [2.45, 2.75) is 51.1 Å². The lowest BCUT2D eigenvalue weighted by Gasteiger charge is -2.35. The molecule has 1 unspecified atom stereocenters. The quantitative estimate of drug-likeness (QED) is 0.719. The topological polar surface area (TPSA) is 86.8 Å². The van der Waals surface area contributed by atoms with Crippen LogP contribution >= 0.6 is 0 Å². The first kappa shape index (κ1) is 21.7. The Hall–Kier alpha value is -3.13. The normalized spacial score (nSPS) is 26.1. The maximum atomic E-state index is 13.6. The van der Waals surface area contributed by atoms with Crippen molar-refractivity contribution < 1.29 is 9.53 Å². The molecule has 8 heteroatoms. The van der Waals surface area contributed by atoms with Crippen LogP contribution in [-0.2, 0) is 6.42 Å². The van der Waals surface area contributed by atoms with Gasteiger partial charge >= 0.3 is 0 Å². The van der Waals surface area contributed by atoms with Crippen molar-refractivity contribution >= 4 is 18.5 Å². The minimum absolute atomic E-state index is 0.0191. The number of ether oxygens (including phenoxy) is 1. The van der Waals surface area contributed by atoms with Crippen LogP contribution in [0.1, 0.15) is 48.5 Å². The third-order valence-electron chi connectivity index (χ3n) is 6.90. The number of hydrogen-bond acceptors (Lipinski definition) is 7. The molecule has 2 N–H and O–H groups in total. The van der Waals surface area contributed by atoms with Crippen molar-refractivity contribution in [1.82, 2.24) is 14.8 Å². The van der Waals surface area contributed by atoms with Crippen LogP contribution in [0.2, 0.25) is 0 Å². The van der Waals surface area contributed by atoms with E-state index >= 15 is 0 Å². The molecule has 0 spiro atoms. The Bertz CT molecular complexity index is 1050. The summed E-state index contributed by atoms with van der Waals surface area (Å²) in [6.45, 7) is 8.80. The molecule has 33 heavy (non-hydrogen) atoms. The molecule has 5 rings (SSSR count). The molecular weight excluding hydrogens is 416 g/mol. The van der Waals surface area contributed by atoms with E-state index in [2.05, 4.69) is 22.8 Å². The summed E-state index contributed by atoms with van der Waals surface area (Å²) in [6.07, 6.45) is 8.78. The van der Waals surface area contributed by atoms with Crippen molar-refractivity contribution in [3.63, 3.8) is 0 Å². The lowest BCUT2D eigenvalue weighted by Crippen LogP contribution is -2.43. The SMILES string of the molecule is C=NN1C=C(C)C(N2CC[C@H](N)C2)=N/C1=C/C1CCCCN1C(=O)c1cccc2c1OCC2. The van der Waals surface area contributed by atoms with Crippen molar-refractivity contribution in [2.75, 3.05) is 26.2 Å². The van der Waals surface area contributed by atoms with E-state index in [9.17, 15) is 4.79 Å². The number of amides is 1. The first-order chi connectivity index (χ1) is 16.0. The molecule has 2 atom stereocenters. The Morgan fingerprint density at radius 2 is 2.18 bits per heavy atom. The predicted molar refractivity (Wildman–Crippen MR) is 129 cm³/mol. The van der Waals surface area contributed by atoms with Gasteiger partial charge in [-0.25, -0.2) is 10.0 Å². The van der Waals surface area contributed by atoms with Gasteiger partial charge in [0, 0.05) is 50.6 Å². The standard InChI is InChI=1S/C25H32N6O2/c1-17-15-31(27-2)22(28-24(17)29-12-9-19(26)16-29)14-20-7-3-4-11-30(20)25(32)21-8-5-6-18-10-13-33-23(18)21/h5-6,8,14-15,19-20H,2-4,7,9-13,16,26H2,1H3/b22-14-/t19-,20?/m0/s1. The summed E-state index contributed by atoms with van der Waals surface area (Å²) in [7, 11) is 0. The van der Waals surface area contributed by atoms with Gasteiger partial charge in [-0.05, 0) is 50.3 Å². The number of aliphatic imine (C=N–C) groups is 1. The number of nitrogens with two attached hydrogens (primary N) is 1. The van der Waals surface area contributed by atoms with Gasteiger partial charge in [0.25, 0.3) is 5.91 Å². The fraction of sp³-hybridized carbons (Fsp3) is 0.480. The minimum Gasteiger partial charge on any atom is -0.492 e. The predicted octanol–water partition coefficient (Wildman–Crippen LogP) is 2.72. The largest absolute Gasteiger partial charge is 0.492 e. The number of nitrogens with zero attached hydrogens (tertiary/aromatic N) is 5. The van der Waals surface area contributed by atoms with E-state index in [-0.39, 0.29) is 18.0 Å². The third-order valence-corrected chi connectivity index (χ3v) is 6.90. The van der Waals surface area contributed by atoms with Gasteiger partial charge in [0.1, 0.15) is 11.6 Å². The summed E-state index contributed by atoms with van der Waals surface area (Å²) >= 11 is 0. The Labute approximate surface area is 195 Å². The van der Waals surface area contributed by atoms with Crippen molar-refractivity contribution in [3.8, 4) is 5.75 Å². The number of carbonyl (C=O) groups is 1. The molecule has 0 aliphatic carbocycles. The molecule has 2 fully saturated rings. The van der Waals surface area contributed by atoms with E-state index in [1.165, 1.54) is 0 Å². The highest BCUT2D eigenvalue weighted by Crippen LogP contribution is 2.33. The van der Waals surface area contributed by atoms with Crippen LogP contribution in [0.4, 0.5) is 0 Å². The van der Waals surface area contributed by atoms with Gasteiger partial charge in [-0.3, -0.25) is 4.79 Å². The number of fused-ring (bicyclic) bond motifs is 1. The first-order valence-electron chi connectivity index (χ1n) is 11.9. The van der Waals surface area contributed by atoms with E-state index in [1.807, 2.05) is 36.2 Å². The first-order valence-corrected chi connectivity index (χ1v) is 11.9. The highest BCUT2D eigenvalue weighted by molar-refractivity contribution is 5.99. The van der Waals surface area contributed by atoms with E-state index in [0.29, 0.717) is 24.5 Å². The van der Waals surface area contributed by atoms with Crippen LogP contribution in [0.25, 0.3) is 0 Å². The van der Waals surface area contributed by atoms with Gasteiger partial charge in [-0.2, -0.15) is 5.10 Å². The number of rotatable bonds is 3. The summed E-state index contributed by atoms with van der Waals surface area (Å²) in [5.74, 6) is 2.39. The second-order valence-electron chi connectivity index (χ2n) is 9.21. The number of para-hydroxylation sites is 1. The number of benzene rings is 1. The lowest BCUT2D eigenvalue weighted by molar-refractivity contribution is 0.0658. The highest BCUT2D eigenvalue weighted by atomic mass is 16.5. The molecule has 0 radical (unpaired) electrons. The maximum Gasteiger partial charge on any atom is 0.258 e. The zero-order valence-electron chi connectivity index (χ0n) is 19.2. The molecule has 1 amide bonds. The van der Waals surface area contributed by atoms with Gasteiger partial charge in [0.15, 0.2) is 5.82 Å². The van der Waals surface area contributed by atoms with E-state index in [4.69, 9.17) is 15.5 Å². The van der Waals surface area contributed by atoms with Crippen LogP contribution < -0.4 is 10.5 Å². The number of carbonyl (C=O) groups excluding carboxylic acids is 1. The van der Waals surface area contributed by atoms with Crippen LogP contribution in [0.5, 0.6) is 5.75 Å². The number of hydrogen-bond donors (Lipinski definition) is 1. The Balaban J connectivity index is 1.45. The molecule has 4 aliphatic heterocycles. The third kappa shape index (κ3) is 4.15. The monoisotopic (exact) mass is 448 g/mol. The number of amidine groups is 1. The summed E-state index contributed by atoms with van der Waals surface area (Å²) < 4.78 is 5.81. The smallest absolute Gasteiger partial charge is 0.258 e. The summed E-state index contributed by atoms with van der Waals surface area (Å²) in [4.78, 5) is 22.8. The van der Waals surface area contributed by atoms with Crippen molar-refractivity contribution in [3.05, 3.63) is 53.0 Å². The molecule has 0 saturated carbocycles. The minimum atomic E-state index is -0.0691. The molecule has 1 aromatic carbocycles. The maximum absolute atomic E-state index is 13.6. The molecule has 4 heterocycles. The second-order valence-corrected chi connectivity index (χ2v) is 9.21. The van der Waals surface area contributed by atoms with Gasteiger partial charge in [-0.15, -0.1) is 0 Å². The van der Waals surface area contributed by atoms with Crippen LogP contribution in [0, 0.1) is 0 Å². The van der Waals surface area contributed by atoms with Gasteiger partial charge in [0.2, 0.25) is 0 Å². The zero-order chi connectivity index (χ0) is 22.9. The Morgan fingerprint density at radius 1 is 1.30 bits per heavy atom. The fourth-order valence-corrected chi connectivity index (χ4v) is 5.18. The van der Waals surface area contributed by atoms with E-state index < -0.39 is 0 Å².